The third-order valence-electron chi connectivity index (χ3n) is 3.98. The smallest absolute Gasteiger partial charge is 0.0995 e. The number of hydrogen-bond donors (Lipinski definition) is 1. The fourth-order valence-corrected chi connectivity index (χ4v) is 3.19. The molecule has 1 aliphatic carbocycles. The van der Waals surface area contributed by atoms with Gasteiger partial charge in [-0.15, -0.1) is 6.42 Å². The lowest BCUT2D eigenvalue weighted by Crippen LogP contribution is -2.32. The van der Waals surface area contributed by atoms with Gasteiger partial charge < -0.3 is 9.67 Å². The van der Waals surface area contributed by atoms with E-state index in [4.69, 9.17) is 6.42 Å². The topological polar surface area (TPSA) is 25.2 Å². The lowest BCUT2D eigenvalue weighted by Gasteiger charge is -2.36. The van der Waals surface area contributed by atoms with E-state index in [-0.39, 0.29) is 17.1 Å². The van der Waals surface area contributed by atoms with Crippen LogP contribution in [0.3, 0.4) is 0 Å². The Kier molecular flexibility index (Phi) is 2.87. The summed E-state index contributed by atoms with van der Waals surface area (Å²) < 4.78 is 2.21. The molecule has 0 aliphatic heterocycles. The Hall–Kier alpha value is -1.20. The molecule has 0 bridgehead atoms. The molecule has 98 valence electrons. The second-order valence-corrected chi connectivity index (χ2v) is 6.79. The second-order valence-electron chi connectivity index (χ2n) is 6.79. The van der Waals surface area contributed by atoms with Crippen molar-refractivity contribution in [2.24, 2.45) is 5.41 Å². The molecular weight excluding hydrogens is 222 g/mol. The van der Waals surface area contributed by atoms with Crippen LogP contribution in [0.5, 0.6) is 0 Å². The molecule has 2 heteroatoms. The molecule has 0 saturated carbocycles. The Morgan fingerprint density at radius 1 is 1.50 bits per heavy atom. The monoisotopic (exact) mass is 245 g/mol. The van der Waals surface area contributed by atoms with Crippen LogP contribution in [-0.4, -0.2) is 9.67 Å². The predicted octanol–water partition coefficient (Wildman–Crippen LogP) is 3.17. The van der Waals surface area contributed by atoms with Gasteiger partial charge in [0.1, 0.15) is 0 Å². The van der Waals surface area contributed by atoms with Crippen molar-refractivity contribution in [2.45, 2.75) is 59.1 Å². The first-order valence-electron chi connectivity index (χ1n) is 6.55. The molecule has 2 rings (SSSR count). The number of fused-ring (bicyclic) bond motifs is 1. The molecule has 2 nitrogen and oxygen atoms in total. The maximum atomic E-state index is 10.3. The summed E-state index contributed by atoms with van der Waals surface area (Å²) in [5.74, 6) is 2.86. The Labute approximate surface area is 110 Å². The Morgan fingerprint density at radius 3 is 2.67 bits per heavy atom. The quantitative estimate of drug-likeness (QED) is 0.755. The highest BCUT2D eigenvalue weighted by Gasteiger charge is 2.36. The standard InChI is InChI=1S/C16H23NO/c1-7-16(5,6)17-11(2)8-12-13(17)9-15(3,4)10-14(12)18/h1,8,14,18H,9-10H2,2-6H3. The molecule has 1 unspecified atom stereocenters. The Morgan fingerprint density at radius 2 is 2.11 bits per heavy atom. The van der Waals surface area contributed by atoms with Crippen LogP contribution in [0.1, 0.15) is 57.2 Å². The van der Waals surface area contributed by atoms with Crippen molar-refractivity contribution in [2.75, 3.05) is 0 Å². The number of aryl methyl sites for hydroxylation is 1. The minimum Gasteiger partial charge on any atom is -0.388 e. The molecule has 1 atom stereocenters. The van der Waals surface area contributed by atoms with E-state index >= 15 is 0 Å². The zero-order chi connectivity index (χ0) is 13.7. The van der Waals surface area contributed by atoms with Gasteiger partial charge in [0.2, 0.25) is 0 Å². The molecule has 0 amide bonds. The van der Waals surface area contributed by atoms with Gasteiger partial charge in [-0.25, -0.2) is 0 Å². The van der Waals surface area contributed by atoms with Crippen molar-refractivity contribution in [1.82, 2.24) is 4.57 Å². The molecule has 1 aliphatic rings. The van der Waals surface area contributed by atoms with Crippen molar-refractivity contribution in [3.63, 3.8) is 0 Å². The fourth-order valence-electron chi connectivity index (χ4n) is 3.19. The van der Waals surface area contributed by atoms with Gasteiger partial charge in [-0.05, 0) is 45.1 Å². The first-order chi connectivity index (χ1) is 8.18. The van der Waals surface area contributed by atoms with Gasteiger partial charge in [-0.1, -0.05) is 19.8 Å². The van der Waals surface area contributed by atoms with Crippen LogP contribution >= 0.6 is 0 Å². The van der Waals surface area contributed by atoms with Crippen molar-refractivity contribution in [1.29, 1.82) is 0 Å². The van der Waals surface area contributed by atoms with Crippen molar-refractivity contribution >= 4 is 0 Å². The van der Waals surface area contributed by atoms with Crippen molar-refractivity contribution in [3.05, 3.63) is 23.0 Å². The number of rotatable bonds is 1. The van der Waals surface area contributed by atoms with E-state index in [1.165, 1.54) is 5.69 Å². The van der Waals surface area contributed by atoms with Crippen molar-refractivity contribution in [3.8, 4) is 12.3 Å². The summed E-state index contributed by atoms with van der Waals surface area (Å²) in [5.41, 5.74) is 3.19. The van der Waals surface area contributed by atoms with E-state index in [1.807, 2.05) is 13.8 Å². The van der Waals surface area contributed by atoms with E-state index in [2.05, 4.69) is 37.3 Å². The van der Waals surface area contributed by atoms with E-state index in [0.29, 0.717) is 0 Å². The number of aliphatic hydroxyl groups excluding tert-OH is 1. The Bertz CT molecular complexity index is 514. The maximum Gasteiger partial charge on any atom is 0.0995 e. The summed E-state index contributed by atoms with van der Waals surface area (Å²) in [4.78, 5) is 0. The van der Waals surface area contributed by atoms with Crippen LogP contribution in [0, 0.1) is 24.7 Å². The summed E-state index contributed by atoms with van der Waals surface area (Å²) in [6.45, 7) is 10.6. The number of hydrogen-bond acceptors (Lipinski definition) is 1. The van der Waals surface area contributed by atoms with E-state index in [0.717, 1.165) is 24.1 Å². The minimum absolute atomic E-state index is 0.125. The Balaban J connectivity index is 2.63. The molecule has 1 aromatic heterocycles. The molecule has 1 aromatic rings. The van der Waals surface area contributed by atoms with Gasteiger partial charge in [-0.3, -0.25) is 0 Å². The summed E-state index contributed by atoms with van der Waals surface area (Å²) in [5, 5.41) is 10.3. The predicted molar refractivity (Wildman–Crippen MR) is 74.4 cm³/mol. The largest absolute Gasteiger partial charge is 0.388 e. The average Bonchev–Trinajstić information content (AvgIpc) is 2.54. The van der Waals surface area contributed by atoms with Gasteiger partial charge in [0, 0.05) is 17.0 Å². The van der Waals surface area contributed by atoms with Crippen LogP contribution in [0.15, 0.2) is 6.07 Å². The third-order valence-corrected chi connectivity index (χ3v) is 3.98. The third kappa shape index (κ3) is 1.97. The first kappa shape index (κ1) is 13.2. The molecule has 1 heterocycles. The molecule has 0 fully saturated rings. The zero-order valence-electron chi connectivity index (χ0n) is 12.0. The van der Waals surface area contributed by atoms with E-state index in [1.54, 1.807) is 0 Å². The van der Waals surface area contributed by atoms with Crippen molar-refractivity contribution < 1.29 is 5.11 Å². The molecule has 1 N–H and O–H groups in total. The van der Waals surface area contributed by atoms with Gasteiger partial charge in [0.05, 0.1) is 11.6 Å². The van der Waals surface area contributed by atoms with Crippen LogP contribution in [-0.2, 0) is 12.0 Å². The second kappa shape index (κ2) is 3.90. The summed E-state index contributed by atoms with van der Waals surface area (Å²) >= 11 is 0. The number of aliphatic hydroxyl groups is 1. The summed E-state index contributed by atoms with van der Waals surface area (Å²) in [6, 6.07) is 2.09. The molecule has 0 aromatic carbocycles. The van der Waals surface area contributed by atoms with Gasteiger partial charge in [-0.2, -0.15) is 0 Å². The lowest BCUT2D eigenvalue weighted by molar-refractivity contribution is 0.0971. The number of terminal acetylenes is 1. The normalized spacial score (nSPS) is 22.4. The van der Waals surface area contributed by atoms with Gasteiger partial charge in [0.25, 0.3) is 0 Å². The first-order valence-corrected chi connectivity index (χ1v) is 6.55. The molecule has 0 spiro atoms. The van der Waals surface area contributed by atoms with E-state index in [9.17, 15) is 5.11 Å². The van der Waals surface area contributed by atoms with Gasteiger partial charge >= 0.3 is 0 Å². The summed E-state index contributed by atoms with van der Waals surface area (Å²) in [7, 11) is 0. The van der Waals surface area contributed by atoms with Gasteiger partial charge in [0.15, 0.2) is 0 Å². The molecular formula is C16H23NO. The summed E-state index contributed by atoms with van der Waals surface area (Å²) in [6.07, 6.45) is 7.09. The molecule has 0 radical (unpaired) electrons. The van der Waals surface area contributed by atoms with Crippen LogP contribution in [0.25, 0.3) is 0 Å². The van der Waals surface area contributed by atoms with Crippen LogP contribution in [0.2, 0.25) is 0 Å². The highest BCUT2D eigenvalue weighted by Crippen LogP contribution is 2.43. The van der Waals surface area contributed by atoms with Crippen LogP contribution < -0.4 is 0 Å². The highest BCUT2D eigenvalue weighted by atomic mass is 16.3. The molecule has 0 saturated heterocycles. The minimum atomic E-state index is -0.364. The fraction of sp³-hybridized carbons (Fsp3) is 0.625. The number of aromatic nitrogens is 1. The number of nitrogens with zero attached hydrogens (tertiary/aromatic N) is 1. The van der Waals surface area contributed by atoms with E-state index < -0.39 is 0 Å². The lowest BCUT2D eigenvalue weighted by atomic mass is 9.75. The molecule has 18 heavy (non-hydrogen) atoms. The maximum absolute atomic E-state index is 10.3. The SMILES string of the molecule is C#CC(C)(C)n1c(C)cc2c1CC(C)(C)CC2O. The zero-order valence-corrected chi connectivity index (χ0v) is 12.0. The van der Waals surface area contributed by atoms with Crippen LogP contribution in [0.4, 0.5) is 0 Å². The highest BCUT2D eigenvalue weighted by molar-refractivity contribution is 5.36. The average molecular weight is 245 g/mol.